The van der Waals surface area contributed by atoms with Gasteiger partial charge in [-0.2, -0.15) is 0 Å². The molecule has 6 nitrogen and oxygen atoms in total. The molecular weight excluding hydrogens is 398 g/mol. The zero-order chi connectivity index (χ0) is 21.2. The molecule has 0 aliphatic carbocycles. The fourth-order valence-electron chi connectivity index (χ4n) is 3.52. The number of nitrogens with zero attached hydrogens (tertiary/aromatic N) is 1. The van der Waals surface area contributed by atoms with E-state index in [1.54, 1.807) is 7.05 Å². The van der Waals surface area contributed by atoms with E-state index in [1.807, 2.05) is 18.2 Å². The monoisotopic (exact) mass is 429 g/mol. The lowest BCUT2D eigenvalue weighted by Crippen LogP contribution is -2.44. The lowest BCUT2D eigenvalue weighted by molar-refractivity contribution is 0.310. The molecule has 0 radical (unpaired) electrons. The molecular formula is C23H31N3O3S. The first kappa shape index (κ1) is 22.2. The third-order valence-corrected chi connectivity index (χ3v) is 6.89. The van der Waals surface area contributed by atoms with Crippen molar-refractivity contribution in [1.82, 2.24) is 10.6 Å². The van der Waals surface area contributed by atoms with Gasteiger partial charge in [-0.3, -0.25) is 4.99 Å². The molecule has 0 spiro atoms. The van der Waals surface area contributed by atoms with Crippen molar-refractivity contribution in [3.63, 3.8) is 0 Å². The molecule has 0 amide bonds. The van der Waals surface area contributed by atoms with Gasteiger partial charge < -0.3 is 15.4 Å². The van der Waals surface area contributed by atoms with E-state index in [4.69, 9.17) is 4.74 Å². The summed E-state index contributed by atoms with van der Waals surface area (Å²) in [6, 6.07) is 18.5. The molecule has 7 heteroatoms. The second-order valence-corrected chi connectivity index (χ2v) is 9.81. The molecule has 0 aromatic heterocycles. The highest BCUT2D eigenvalue weighted by atomic mass is 32.2. The Kier molecular flexibility index (Phi) is 8.13. The predicted molar refractivity (Wildman–Crippen MR) is 122 cm³/mol. The summed E-state index contributed by atoms with van der Waals surface area (Å²) in [5, 5.41) is 6.47. The van der Waals surface area contributed by atoms with Crippen LogP contribution in [0.3, 0.4) is 0 Å². The summed E-state index contributed by atoms with van der Waals surface area (Å²) >= 11 is 0. The zero-order valence-corrected chi connectivity index (χ0v) is 18.3. The average molecular weight is 430 g/mol. The molecule has 1 atom stereocenters. The maximum atomic E-state index is 11.6. The first-order chi connectivity index (χ1) is 14.5. The Hall–Kier alpha value is -2.54. The number of aryl methyl sites for hydroxylation is 1. The molecule has 1 fully saturated rings. The fraction of sp³-hybridized carbons (Fsp3) is 0.435. The molecule has 1 saturated heterocycles. The first-order valence-electron chi connectivity index (χ1n) is 10.5. The van der Waals surface area contributed by atoms with Crippen LogP contribution in [0.1, 0.15) is 24.0 Å². The number of hydrogen-bond donors (Lipinski definition) is 2. The van der Waals surface area contributed by atoms with Crippen molar-refractivity contribution in [2.45, 2.75) is 31.7 Å². The first-order valence-corrected chi connectivity index (χ1v) is 12.3. The van der Waals surface area contributed by atoms with Crippen molar-refractivity contribution in [2.24, 2.45) is 4.99 Å². The predicted octanol–water partition coefficient (Wildman–Crippen LogP) is 2.59. The highest BCUT2D eigenvalue weighted by Gasteiger charge is 2.28. The van der Waals surface area contributed by atoms with Crippen molar-refractivity contribution < 1.29 is 13.2 Å². The van der Waals surface area contributed by atoms with Crippen LogP contribution in [-0.2, 0) is 22.7 Å². The summed E-state index contributed by atoms with van der Waals surface area (Å²) in [6.45, 7) is 1.40. The molecule has 0 bridgehead atoms. The standard InChI is InChI=1S/C23H31N3O3S/c1-24-23(26-21-13-16-30(27,28)18-21)25-14-12-20-9-5-11-22(17-20)29-15-6-10-19-7-3-2-4-8-19/h2-5,7-9,11,17,21H,6,10,12-16,18H2,1H3,(H2,24,25,26). The number of rotatable bonds is 9. The Morgan fingerprint density at radius 2 is 1.90 bits per heavy atom. The fourth-order valence-corrected chi connectivity index (χ4v) is 5.20. The second kappa shape index (κ2) is 11.0. The summed E-state index contributed by atoms with van der Waals surface area (Å²) in [5.41, 5.74) is 2.51. The van der Waals surface area contributed by atoms with Crippen LogP contribution in [0, 0.1) is 0 Å². The van der Waals surface area contributed by atoms with Crippen LogP contribution < -0.4 is 15.4 Å². The summed E-state index contributed by atoms with van der Waals surface area (Å²) in [7, 11) is -1.21. The smallest absolute Gasteiger partial charge is 0.191 e. The summed E-state index contributed by atoms with van der Waals surface area (Å²) in [5.74, 6) is 1.96. The molecule has 1 unspecified atom stereocenters. The average Bonchev–Trinajstić information content (AvgIpc) is 3.10. The van der Waals surface area contributed by atoms with Gasteiger partial charge >= 0.3 is 0 Å². The van der Waals surface area contributed by atoms with E-state index < -0.39 is 9.84 Å². The van der Waals surface area contributed by atoms with E-state index in [2.05, 4.69) is 52.0 Å². The Labute approximate surface area is 179 Å². The van der Waals surface area contributed by atoms with Gasteiger partial charge in [-0.05, 0) is 48.9 Å². The molecule has 1 aliphatic heterocycles. The molecule has 1 aliphatic rings. The quantitative estimate of drug-likeness (QED) is 0.364. The van der Waals surface area contributed by atoms with E-state index >= 15 is 0 Å². The molecule has 0 saturated carbocycles. The third-order valence-electron chi connectivity index (χ3n) is 5.12. The number of ether oxygens (including phenoxy) is 1. The number of benzene rings is 2. The number of sulfone groups is 1. The Morgan fingerprint density at radius 3 is 2.63 bits per heavy atom. The topological polar surface area (TPSA) is 79.8 Å². The van der Waals surface area contributed by atoms with Crippen LogP contribution in [0.15, 0.2) is 59.6 Å². The molecule has 1 heterocycles. The largest absolute Gasteiger partial charge is 0.494 e. The van der Waals surface area contributed by atoms with Crippen molar-refractivity contribution in [1.29, 1.82) is 0 Å². The Bertz CT molecular complexity index is 930. The third kappa shape index (κ3) is 7.37. The van der Waals surface area contributed by atoms with Gasteiger partial charge in [0, 0.05) is 19.6 Å². The molecule has 2 aromatic carbocycles. The summed E-state index contributed by atoms with van der Waals surface area (Å²) < 4.78 is 29.1. The Morgan fingerprint density at radius 1 is 1.10 bits per heavy atom. The van der Waals surface area contributed by atoms with Crippen LogP contribution in [0.4, 0.5) is 0 Å². The highest BCUT2D eigenvalue weighted by Crippen LogP contribution is 2.15. The van der Waals surface area contributed by atoms with E-state index in [0.29, 0.717) is 25.5 Å². The SMILES string of the molecule is CN=C(NCCc1cccc(OCCCc2ccccc2)c1)NC1CCS(=O)(=O)C1. The van der Waals surface area contributed by atoms with Gasteiger partial charge in [0.05, 0.1) is 18.1 Å². The summed E-state index contributed by atoms with van der Waals surface area (Å²) in [4.78, 5) is 4.20. The van der Waals surface area contributed by atoms with Gasteiger partial charge in [0.2, 0.25) is 0 Å². The van der Waals surface area contributed by atoms with E-state index in [-0.39, 0.29) is 17.5 Å². The molecule has 2 N–H and O–H groups in total. The van der Waals surface area contributed by atoms with E-state index in [0.717, 1.165) is 25.0 Å². The molecule has 162 valence electrons. The maximum Gasteiger partial charge on any atom is 0.191 e. The highest BCUT2D eigenvalue weighted by molar-refractivity contribution is 7.91. The molecule has 2 aromatic rings. The minimum atomic E-state index is -2.90. The van der Waals surface area contributed by atoms with Crippen LogP contribution in [0.25, 0.3) is 0 Å². The van der Waals surface area contributed by atoms with Crippen molar-refractivity contribution in [2.75, 3.05) is 31.7 Å². The zero-order valence-electron chi connectivity index (χ0n) is 17.5. The number of guanidine groups is 1. The van der Waals surface area contributed by atoms with Gasteiger partial charge in [0.25, 0.3) is 0 Å². The van der Waals surface area contributed by atoms with Crippen molar-refractivity contribution in [3.8, 4) is 5.75 Å². The van der Waals surface area contributed by atoms with Gasteiger partial charge in [-0.1, -0.05) is 42.5 Å². The number of hydrogen-bond acceptors (Lipinski definition) is 4. The van der Waals surface area contributed by atoms with Gasteiger partial charge in [-0.25, -0.2) is 8.42 Å². The van der Waals surface area contributed by atoms with Gasteiger partial charge in [-0.15, -0.1) is 0 Å². The Balaban J connectivity index is 1.38. The van der Waals surface area contributed by atoms with Crippen LogP contribution >= 0.6 is 0 Å². The number of nitrogens with one attached hydrogen (secondary N) is 2. The minimum Gasteiger partial charge on any atom is -0.494 e. The second-order valence-electron chi connectivity index (χ2n) is 7.58. The van der Waals surface area contributed by atoms with Crippen molar-refractivity contribution >= 4 is 15.8 Å². The van der Waals surface area contributed by atoms with Crippen molar-refractivity contribution in [3.05, 3.63) is 65.7 Å². The lowest BCUT2D eigenvalue weighted by atomic mass is 10.1. The van der Waals surface area contributed by atoms with Gasteiger partial charge in [0.1, 0.15) is 5.75 Å². The van der Waals surface area contributed by atoms with E-state index in [9.17, 15) is 8.42 Å². The molecule has 30 heavy (non-hydrogen) atoms. The van der Waals surface area contributed by atoms with Crippen LogP contribution in [0.2, 0.25) is 0 Å². The minimum absolute atomic E-state index is 0.0613. The molecule has 3 rings (SSSR count). The number of aliphatic imine (C=N–C) groups is 1. The normalized spacial score (nSPS) is 18.2. The van der Waals surface area contributed by atoms with Crippen LogP contribution in [-0.4, -0.2) is 52.1 Å². The van der Waals surface area contributed by atoms with Gasteiger partial charge in [0.15, 0.2) is 15.8 Å². The summed E-state index contributed by atoms with van der Waals surface area (Å²) in [6.07, 6.45) is 3.45. The van der Waals surface area contributed by atoms with Crippen LogP contribution in [0.5, 0.6) is 5.75 Å². The van der Waals surface area contributed by atoms with E-state index in [1.165, 1.54) is 11.1 Å². The maximum absolute atomic E-state index is 11.6. The lowest BCUT2D eigenvalue weighted by Gasteiger charge is -2.16.